The minimum Gasteiger partial charge on any atom is -0.265 e. The molecule has 0 fully saturated rings. The normalized spacial score (nSPS) is 12.4. The Morgan fingerprint density at radius 3 is 2.59 bits per heavy atom. The molecule has 0 spiro atoms. The van der Waals surface area contributed by atoms with Gasteiger partial charge in [-0.1, -0.05) is 12.1 Å². The van der Waals surface area contributed by atoms with Crippen LogP contribution in [0, 0.1) is 12.7 Å². The SMILES string of the molecule is Cc1cc(C(Cl)Cc2ccncc2)ccc1F. The summed E-state index contributed by atoms with van der Waals surface area (Å²) in [5.74, 6) is -0.193. The molecular weight excluding hydrogens is 237 g/mol. The highest BCUT2D eigenvalue weighted by Crippen LogP contribution is 2.26. The van der Waals surface area contributed by atoms with Gasteiger partial charge in [-0.05, 0) is 48.2 Å². The molecule has 0 saturated heterocycles. The Morgan fingerprint density at radius 1 is 1.24 bits per heavy atom. The van der Waals surface area contributed by atoms with E-state index >= 15 is 0 Å². The summed E-state index contributed by atoms with van der Waals surface area (Å²) >= 11 is 6.32. The molecule has 1 nitrogen and oxygen atoms in total. The van der Waals surface area contributed by atoms with Crippen molar-refractivity contribution in [3.8, 4) is 0 Å². The van der Waals surface area contributed by atoms with E-state index in [9.17, 15) is 4.39 Å². The molecule has 0 aliphatic heterocycles. The van der Waals surface area contributed by atoms with Crippen LogP contribution in [0.15, 0.2) is 42.7 Å². The summed E-state index contributed by atoms with van der Waals surface area (Å²) in [5, 5.41) is -0.142. The molecular formula is C14H13ClFN. The zero-order chi connectivity index (χ0) is 12.3. The van der Waals surface area contributed by atoms with Crippen LogP contribution in [0.1, 0.15) is 22.1 Å². The number of halogens is 2. The third-order valence-electron chi connectivity index (χ3n) is 2.71. The maximum Gasteiger partial charge on any atom is 0.126 e. The van der Waals surface area contributed by atoms with E-state index in [0.717, 1.165) is 17.5 Å². The lowest BCUT2D eigenvalue weighted by Gasteiger charge is -2.11. The highest BCUT2D eigenvalue weighted by molar-refractivity contribution is 6.20. The van der Waals surface area contributed by atoms with Crippen LogP contribution in [0.25, 0.3) is 0 Å². The van der Waals surface area contributed by atoms with E-state index in [1.54, 1.807) is 31.5 Å². The summed E-state index contributed by atoms with van der Waals surface area (Å²) < 4.78 is 13.1. The van der Waals surface area contributed by atoms with Gasteiger partial charge in [-0.15, -0.1) is 11.6 Å². The molecule has 2 rings (SSSR count). The van der Waals surface area contributed by atoms with E-state index in [1.807, 2.05) is 12.1 Å². The van der Waals surface area contributed by atoms with Crippen molar-refractivity contribution in [1.82, 2.24) is 4.98 Å². The Morgan fingerprint density at radius 2 is 1.94 bits per heavy atom. The fourth-order valence-corrected chi connectivity index (χ4v) is 2.02. The Kier molecular flexibility index (Phi) is 3.75. The molecule has 1 aromatic heterocycles. The Hall–Kier alpha value is -1.41. The van der Waals surface area contributed by atoms with Gasteiger partial charge in [-0.25, -0.2) is 4.39 Å². The minimum atomic E-state index is -0.193. The maximum atomic E-state index is 13.1. The predicted octanol–water partition coefficient (Wildman–Crippen LogP) is 4.05. The number of hydrogen-bond acceptors (Lipinski definition) is 1. The smallest absolute Gasteiger partial charge is 0.126 e. The van der Waals surface area contributed by atoms with Gasteiger partial charge >= 0.3 is 0 Å². The molecule has 0 saturated carbocycles. The minimum absolute atomic E-state index is 0.142. The van der Waals surface area contributed by atoms with Gasteiger partial charge in [0.25, 0.3) is 0 Å². The third-order valence-corrected chi connectivity index (χ3v) is 3.11. The van der Waals surface area contributed by atoms with Crippen molar-refractivity contribution in [3.05, 3.63) is 65.2 Å². The van der Waals surface area contributed by atoms with Crippen LogP contribution in [0.5, 0.6) is 0 Å². The first-order chi connectivity index (χ1) is 8.16. The van der Waals surface area contributed by atoms with Crippen molar-refractivity contribution in [2.24, 2.45) is 0 Å². The number of nitrogens with zero attached hydrogens (tertiary/aromatic N) is 1. The molecule has 0 amide bonds. The molecule has 3 heteroatoms. The van der Waals surface area contributed by atoms with Crippen LogP contribution in [0.4, 0.5) is 4.39 Å². The monoisotopic (exact) mass is 249 g/mol. The maximum absolute atomic E-state index is 13.1. The van der Waals surface area contributed by atoms with Gasteiger partial charge in [0.1, 0.15) is 5.82 Å². The Bertz CT molecular complexity index is 499. The van der Waals surface area contributed by atoms with Gasteiger partial charge < -0.3 is 0 Å². The van der Waals surface area contributed by atoms with Crippen molar-refractivity contribution >= 4 is 11.6 Å². The second-order valence-electron chi connectivity index (χ2n) is 4.04. The van der Waals surface area contributed by atoms with E-state index in [1.165, 1.54) is 6.07 Å². The van der Waals surface area contributed by atoms with Gasteiger partial charge in [0.2, 0.25) is 0 Å². The van der Waals surface area contributed by atoms with Crippen LogP contribution in [0.2, 0.25) is 0 Å². The average Bonchev–Trinajstić information content (AvgIpc) is 2.34. The molecule has 0 N–H and O–H groups in total. The van der Waals surface area contributed by atoms with Gasteiger partial charge in [0.15, 0.2) is 0 Å². The number of aromatic nitrogens is 1. The van der Waals surface area contributed by atoms with Crippen molar-refractivity contribution in [2.75, 3.05) is 0 Å². The highest BCUT2D eigenvalue weighted by Gasteiger charge is 2.10. The zero-order valence-corrected chi connectivity index (χ0v) is 10.3. The number of alkyl halides is 1. The van der Waals surface area contributed by atoms with Crippen LogP contribution >= 0.6 is 11.6 Å². The summed E-state index contributed by atoms with van der Waals surface area (Å²) in [7, 11) is 0. The van der Waals surface area contributed by atoms with Crippen LogP contribution < -0.4 is 0 Å². The van der Waals surface area contributed by atoms with E-state index < -0.39 is 0 Å². The summed E-state index contributed by atoms with van der Waals surface area (Å²) in [4.78, 5) is 3.96. The number of hydrogen-bond donors (Lipinski definition) is 0. The largest absolute Gasteiger partial charge is 0.265 e. The number of rotatable bonds is 3. The first kappa shape index (κ1) is 12.1. The number of benzene rings is 1. The first-order valence-corrected chi connectivity index (χ1v) is 5.89. The quantitative estimate of drug-likeness (QED) is 0.748. The lowest BCUT2D eigenvalue weighted by atomic mass is 10.0. The Balaban J connectivity index is 2.14. The summed E-state index contributed by atoms with van der Waals surface area (Å²) in [6, 6.07) is 8.87. The van der Waals surface area contributed by atoms with E-state index in [4.69, 9.17) is 11.6 Å². The van der Waals surface area contributed by atoms with Gasteiger partial charge in [0, 0.05) is 12.4 Å². The molecule has 0 aliphatic carbocycles. The van der Waals surface area contributed by atoms with Gasteiger partial charge in [0.05, 0.1) is 5.38 Å². The molecule has 1 aromatic carbocycles. The summed E-state index contributed by atoms with van der Waals surface area (Å²) in [6.45, 7) is 1.74. The highest BCUT2D eigenvalue weighted by atomic mass is 35.5. The van der Waals surface area contributed by atoms with Crippen LogP contribution in [-0.2, 0) is 6.42 Å². The van der Waals surface area contributed by atoms with Crippen LogP contribution in [0.3, 0.4) is 0 Å². The van der Waals surface area contributed by atoms with E-state index in [2.05, 4.69) is 4.98 Å². The van der Waals surface area contributed by atoms with Crippen molar-refractivity contribution in [3.63, 3.8) is 0 Å². The molecule has 1 heterocycles. The molecule has 0 aliphatic rings. The predicted molar refractivity (Wildman–Crippen MR) is 67.7 cm³/mol. The zero-order valence-electron chi connectivity index (χ0n) is 9.53. The second kappa shape index (κ2) is 5.28. The first-order valence-electron chi connectivity index (χ1n) is 5.46. The lowest BCUT2D eigenvalue weighted by molar-refractivity contribution is 0.617. The molecule has 2 aromatic rings. The number of aryl methyl sites for hydroxylation is 1. The van der Waals surface area contributed by atoms with Gasteiger partial charge in [-0.3, -0.25) is 4.98 Å². The lowest BCUT2D eigenvalue weighted by Crippen LogP contribution is -1.97. The fourth-order valence-electron chi connectivity index (χ4n) is 1.71. The molecule has 1 atom stereocenters. The van der Waals surface area contributed by atoms with Crippen molar-refractivity contribution < 1.29 is 4.39 Å². The number of pyridine rings is 1. The second-order valence-corrected chi connectivity index (χ2v) is 4.56. The van der Waals surface area contributed by atoms with E-state index in [-0.39, 0.29) is 11.2 Å². The molecule has 0 radical (unpaired) electrons. The van der Waals surface area contributed by atoms with Crippen LogP contribution in [-0.4, -0.2) is 4.98 Å². The topological polar surface area (TPSA) is 12.9 Å². The summed E-state index contributed by atoms with van der Waals surface area (Å²) in [6.07, 6.45) is 4.21. The molecule has 0 bridgehead atoms. The fraction of sp³-hybridized carbons (Fsp3) is 0.214. The molecule has 88 valence electrons. The van der Waals surface area contributed by atoms with Gasteiger partial charge in [-0.2, -0.15) is 0 Å². The standard InChI is InChI=1S/C14H13ClFN/c1-10-8-12(2-3-14(10)16)13(15)9-11-4-6-17-7-5-11/h2-8,13H,9H2,1H3. The molecule has 17 heavy (non-hydrogen) atoms. The third kappa shape index (κ3) is 3.04. The van der Waals surface area contributed by atoms with E-state index in [0.29, 0.717) is 5.56 Å². The summed E-state index contributed by atoms with van der Waals surface area (Å²) in [5.41, 5.74) is 2.70. The van der Waals surface area contributed by atoms with Crippen molar-refractivity contribution in [1.29, 1.82) is 0 Å². The molecule has 1 unspecified atom stereocenters. The Labute approximate surface area is 105 Å². The average molecular weight is 250 g/mol. The van der Waals surface area contributed by atoms with Crippen molar-refractivity contribution in [2.45, 2.75) is 18.7 Å².